The first kappa shape index (κ1) is 15.4. The lowest BCUT2D eigenvalue weighted by atomic mass is 10.1. The number of hydrogen-bond donors (Lipinski definition) is 1. The minimum atomic E-state index is -0.994. The van der Waals surface area contributed by atoms with Gasteiger partial charge < -0.3 is 9.84 Å². The highest BCUT2D eigenvalue weighted by molar-refractivity contribution is 6.32. The molecule has 0 heterocycles. The Labute approximate surface area is 129 Å². The molecule has 4 heteroatoms. The van der Waals surface area contributed by atoms with Crippen LogP contribution in [-0.2, 0) is 6.42 Å². The second-order valence-corrected chi connectivity index (χ2v) is 5.15. The largest absolute Gasteiger partial charge is 0.492 e. The molecule has 0 aliphatic rings. The zero-order valence-electron chi connectivity index (χ0n) is 11.6. The number of aromatic carboxylic acids is 1. The van der Waals surface area contributed by atoms with Gasteiger partial charge in [0.25, 0.3) is 0 Å². The van der Waals surface area contributed by atoms with Gasteiger partial charge in [-0.2, -0.15) is 0 Å². The molecule has 3 nitrogen and oxygen atoms in total. The minimum Gasteiger partial charge on any atom is -0.492 e. The highest BCUT2D eigenvalue weighted by Crippen LogP contribution is 2.25. The maximum atomic E-state index is 10.8. The average Bonchev–Trinajstić information content (AvgIpc) is 2.49. The van der Waals surface area contributed by atoms with Gasteiger partial charge in [-0.05, 0) is 43.0 Å². The Kier molecular flexibility index (Phi) is 5.64. The van der Waals surface area contributed by atoms with Crippen molar-refractivity contribution in [2.75, 3.05) is 6.61 Å². The predicted molar refractivity (Wildman–Crippen MR) is 83.3 cm³/mol. The second-order valence-electron chi connectivity index (χ2n) is 4.74. The number of carboxylic acids is 1. The molecule has 110 valence electrons. The third-order valence-electron chi connectivity index (χ3n) is 3.14. The van der Waals surface area contributed by atoms with E-state index in [9.17, 15) is 4.79 Å². The zero-order chi connectivity index (χ0) is 15.1. The number of ether oxygens (including phenoxy) is 1. The number of benzene rings is 2. The normalized spacial score (nSPS) is 10.3. The number of rotatable bonds is 7. The van der Waals surface area contributed by atoms with E-state index < -0.39 is 5.97 Å². The van der Waals surface area contributed by atoms with Crippen molar-refractivity contribution in [3.63, 3.8) is 0 Å². The number of carbonyl (C=O) groups is 1. The molecule has 0 aliphatic carbocycles. The van der Waals surface area contributed by atoms with Gasteiger partial charge in [0.1, 0.15) is 5.75 Å². The van der Waals surface area contributed by atoms with E-state index in [4.69, 9.17) is 21.4 Å². The Morgan fingerprint density at radius 3 is 2.52 bits per heavy atom. The van der Waals surface area contributed by atoms with Gasteiger partial charge in [-0.3, -0.25) is 0 Å². The van der Waals surface area contributed by atoms with Crippen molar-refractivity contribution in [2.45, 2.75) is 19.3 Å². The van der Waals surface area contributed by atoms with Crippen LogP contribution >= 0.6 is 11.6 Å². The van der Waals surface area contributed by atoms with Gasteiger partial charge in [-0.1, -0.05) is 41.9 Å². The average molecular weight is 305 g/mol. The van der Waals surface area contributed by atoms with Gasteiger partial charge in [0.2, 0.25) is 0 Å². The van der Waals surface area contributed by atoms with Gasteiger partial charge in [0.05, 0.1) is 17.2 Å². The summed E-state index contributed by atoms with van der Waals surface area (Å²) in [5.41, 5.74) is 1.48. The van der Waals surface area contributed by atoms with E-state index in [0.29, 0.717) is 17.4 Å². The summed E-state index contributed by atoms with van der Waals surface area (Å²) in [5, 5.41) is 9.19. The number of hydrogen-bond acceptors (Lipinski definition) is 2. The van der Waals surface area contributed by atoms with Crippen molar-refractivity contribution >= 4 is 17.6 Å². The van der Waals surface area contributed by atoms with Crippen LogP contribution in [0, 0.1) is 0 Å². The van der Waals surface area contributed by atoms with Gasteiger partial charge in [-0.25, -0.2) is 4.79 Å². The molecule has 0 unspecified atom stereocenters. The van der Waals surface area contributed by atoms with Crippen LogP contribution in [0.2, 0.25) is 5.02 Å². The van der Waals surface area contributed by atoms with Crippen molar-refractivity contribution in [3.8, 4) is 5.75 Å². The highest BCUT2D eigenvalue weighted by atomic mass is 35.5. The van der Waals surface area contributed by atoms with Gasteiger partial charge in [-0.15, -0.1) is 0 Å². The highest BCUT2D eigenvalue weighted by Gasteiger charge is 2.07. The lowest BCUT2D eigenvalue weighted by Gasteiger charge is -2.08. The molecule has 21 heavy (non-hydrogen) atoms. The topological polar surface area (TPSA) is 46.5 Å². The lowest BCUT2D eigenvalue weighted by Crippen LogP contribution is -2.01. The van der Waals surface area contributed by atoms with Crippen LogP contribution < -0.4 is 4.74 Å². The zero-order valence-corrected chi connectivity index (χ0v) is 12.3. The molecule has 2 aromatic rings. The third kappa shape index (κ3) is 4.80. The molecule has 0 amide bonds. The molecule has 0 aromatic heterocycles. The summed E-state index contributed by atoms with van der Waals surface area (Å²) < 4.78 is 5.58. The monoisotopic (exact) mass is 304 g/mol. The fourth-order valence-electron chi connectivity index (χ4n) is 2.01. The second kappa shape index (κ2) is 7.70. The maximum absolute atomic E-state index is 10.8. The Hall–Kier alpha value is -2.00. The Balaban J connectivity index is 1.75. The molecular formula is C17H17ClO3. The summed E-state index contributed by atoms with van der Waals surface area (Å²) in [6.07, 6.45) is 2.98. The van der Waals surface area contributed by atoms with Crippen LogP contribution in [0.15, 0.2) is 48.5 Å². The quantitative estimate of drug-likeness (QED) is 0.769. The Morgan fingerprint density at radius 2 is 1.86 bits per heavy atom. The van der Waals surface area contributed by atoms with Crippen LogP contribution in [0.5, 0.6) is 5.75 Å². The fourth-order valence-corrected chi connectivity index (χ4v) is 2.24. The van der Waals surface area contributed by atoms with E-state index >= 15 is 0 Å². The summed E-state index contributed by atoms with van der Waals surface area (Å²) in [6.45, 7) is 0.568. The number of aryl methyl sites for hydroxylation is 1. The number of unbranched alkanes of at least 4 members (excludes halogenated alkanes) is 1. The molecule has 1 N–H and O–H groups in total. The molecule has 0 aliphatic heterocycles. The van der Waals surface area contributed by atoms with Crippen LogP contribution in [0.1, 0.15) is 28.8 Å². The Bertz CT molecular complexity index is 596. The van der Waals surface area contributed by atoms with Crippen LogP contribution in [-0.4, -0.2) is 17.7 Å². The molecule has 2 aromatic carbocycles. The standard InChI is InChI=1S/C17H17ClO3/c18-15-12-14(17(19)20)9-10-16(15)21-11-5-4-8-13-6-2-1-3-7-13/h1-3,6-7,9-10,12H,4-5,8,11H2,(H,19,20). The molecular weight excluding hydrogens is 288 g/mol. The van der Waals surface area contributed by atoms with Gasteiger partial charge in [0, 0.05) is 0 Å². The first-order valence-electron chi connectivity index (χ1n) is 6.86. The van der Waals surface area contributed by atoms with Crippen LogP contribution in [0.25, 0.3) is 0 Å². The van der Waals surface area contributed by atoms with E-state index in [2.05, 4.69) is 12.1 Å². The van der Waals surface area contributed by atoms with Crippen molar-refractivity contribution in [1.29, 1.82) is 0 Å². The summed E-state index contributed by atoms with van der Waals surface area (Å²) >= 11 is 5.99. The molecule has 0 saturated heterocycles. The minimum absolute atomic E-state index is 0.163. The van der Waals surface area contributed by atoms with Crippen molar-refractivity contribution < 1.29 is 14.6 Å². The van der Waals surface area contributed by atoms with Gasteiger partial charge >= 0.3 is 5.97 Å². The number of halogens is 1. The first-order chi connectivity index (χ1) is 10.2. The molecule has 0 saturated carbocycles. The lowest BCUT2D eigenvalue weighted by molar-refractivity contribution is 0.0697. The van der Waals surface area contributed by atoms with Crippen molar-refractivity contribution in [2.24, 2.45) is 0 Å². The smallest absolute Gasteiger partial charge is 0.335 e. The molecule has 0 spiro atoms. The Morgan fingerprint density at radius 1 is 1.10 bits per heavy atom. The summed E-state index contributed by atoms with van der Waals surface area (Å²) in [5.74, 6) is -0.465. The fraction of sp³-hybridized carbons (Fsp3) is 0.235. The van der Waals surface area contributed by atoms with Crippen LogP contribution in [0.3, 0.4) is 0 Å². The molecule has 0 radical (unpaired) electrons. The number of carboxylic acid groups (broad SMARTS) is 1. The summed E-state index contributed by atoms with van der Waals surface area (Å²) in [6, 6.07) is 14.8. The molecule has 2 rings (SSSR count). The summed E-state index contributed by atoms with van der Waals surface area (Å²) in [7, 11) is 0. The molecule has 0 bridgehead atoms. The van der Waals surface area contributed by atoms with Crippen molar-refractivity contribution in [1.82, 2.24) is 0 Å². The van der Waals surface area contributed by atoms with Crippen molar-refractivity contribution in [3.05, 3.63) is 64.7 Å². The predicted octanol–water partition coefficient (Wildman–Crippen LogP) is 4.44. The SMILES string of the molecule is O=C(O)c1ccc(OCCCCc2ccccc2)c(Cl)c1. The first-order valence-corrected chi connectivity index (χ1v) is 7.24. The molecule has 0 atom stereocenters. The third-order valence-corrected chi connectivity index (χ3v) is 3.43. The van der Waals surface area contributed by atoms with Crippen LogP contribution in [0.4, 0.5) is 0 Å². The maximum Gasteiger partial charge on any atom is 0.335 e. The molecule has 0 fully saturated rings. The van der Waals surface area contributed by atoms with Gasteiger partial charge in [0.15, 0.2) is 0 Å². The summed E-state index contributed by atoms with van der Waals surface area (Å²) in [4.78, 5) is 10.8. The van der Waals surface area contributed by atoms with E-state index in [1.165, 1.54) is 17.7 Å². The van der Waals surface area contributed by atoms with E-state index in [1.54, 1.807) is 6.07 Å². The van der Waals surface area contributed by atoms with E-state index in [1.807, 2.05) is 18.2 Å². The van der Waals surface area contributed by atoms with E-state index in [0.717, 1.165) is 19.3 Å². The van der Waals surface area contributed by atoms with E-state index in [-0.39, 0.29) is 5.56 Å².